The van der Waals surface area contributed by atoms with Gasteiger partial charge in [-0.05, 0) is 38.8 Å². The van der Waals surface area contributed by atoms with Crippen molar-refractivity contribution in [1.82, 2.24) is 15.5 Å². The smallest absolute Gasteiger partial charge is 0.408 e. The quantitative estimate of drug-likeness (QED) is 0.282. The number of alkyl carbamates (subject to hydrolysis) is 1. The number of hydrogen-bond donors (Lipinski definition) is 3. The summed E-state index contributed by atoms with van der Waals surface area (Å²) in [4.78, 5) is 41.2. The normalized spacial score (nSPS) is 12.5. The van der Waals surface area contributed by atoms with Gasteiger partial charge in [-0.15, -0.1) is 0 Å². The molecule has 0 aliphatic heterocycles. The first-order valence-electron chi connectivity index (χ1n) is 12.8. The third-order valence-corrected chi connectivity index (χ3v) is 5.67. The molecule has 0 spiro atoms. The van der Waals surface area contributed by atoms with Gasteiger partial charge in [0.25, 0.3) is 0 Å². The molecule has 0 saturated heterocycles. The van der Waals surface area contributed by atoms with Crippen LogP contribution in [0.4, 0.5) is 4.79 Å². The third kappa shape index (κ3) is 9.43. The molecule has 9 heteroatoms. The number of nitrogens with one attached hydrogen (secondary N) is 2. The number of hydrogen-bond acceptors (Lipinski definition) is 6. The molecule has 0 fully saturated rings. The topological polar surface area (TPSA) is 132 Å². The lowest BCUT2D eigenvalue weighted by atomic mass is 9.99. The summed E-state index contributed by atoms with van der Waals surface area (Å²) in [6.45, 7) is 7.11. The summed E-state index contributed by atoms with van der Waals surface area (Å²) in [5.74, 6) is -1.36. The third-order valence-electron chi connectivity index (χ3n) is 5.67. The number of benzene rings is 2. The minimum atomic E-state index is -1.29. The highest BCUT2D eigenvalue weighted by atomic mass is 16.6. The van der Waals surface area contributed by atoms with E-state index in [1.165, 1.54) is 12.1 Å². The lowest BCUT2D eigenvalue weighted by Crippen LogP contribution is -2.54. The van der Waals surface area contributed by atoms with Crippen molar-refractivity contribution in [2.45, 2.75) is 71.1 Å². The maximum Gasteiger partial charge on any atom is 0.408 e. The number of aromatic hydroxyl groups is 1. The standard InChI is InChI=1S/C29H38N4O5/c1-5-6-12-18-31-26(35)25(22-15-10-11-16-24(22)34)33(19-17-30)27(36)23(20-21-13-8-7-9-14-21)32-28(37)38-29(2,3)4/h7-11,13-16,23,25,34H,5-6,12,18-20H2,1-4H3,(H,31,35)(H,32,37). The van der Waals surface area contributed by atoms with E-state index in [-0.39, 0.29) is 17.7 Å². The predicted octanol–water partition coefficient (Wildman–Crippen LogP) is 4.23. The number of nitriles is 1. The Balaban J connectivity index is 2.47. The molecule has 0 saturated carbocycles. The van der Waals surface area contributed by atoms with Crippen LogP contribution in [0.5, 0.6) is 5.75 Å². The van der Waals surface area contributed by atoms with E-state index in [4.69, 9.17) is 4.74 Å². The molecule has 2 aromatic rings. The van der Waals surface area contributed by atoms with Crippen molar-refractivity contribution in [2.75, 3.05) is 13.1 Å². The Kier molecular flexibility index (Phi) is 11.6. The van der Waals surface area contributed by atoms with Crippen molar-refractivity contribution in [3.05, 3.63) is 65.7 Å². The van der Waals surface area contributed by atoms with E-state index in [0.717, 1.165) is 29.7 Å². The Labute approximate surface area is 224 Å². The number of rotatable bonds is 12. The van der Waals surface area contributed by atoms with Crippen LogP contribution >= 0.6 is 0 Å². The van der Waals surface area contributed by atoms with E-state index in [1.54, 1.807) is 32.9 Å². The fraction of sp³-hybridized carbons (Fsp3) is 0.448. The fourth-order valence-corrected chi connectivity index (χ4v) is 3.93. The summed E-state index contributed by atoms with van der Waals surface area (Å²) in [6.07, 6.45) is 1.94. The second-order valence-corrected chi connectivity index (χ2v) is 9.97. The first-order valence-corrected chi connectivity index (χ1v) is 12.8. The van der Waals surface area contributed by atoms with Gasteiger partial charge in [0.05, 0.1) is 6.07 Å². The molecule has 0 aromatic heterocycles. The van der Waals surface area contributed by atoms with E-state index in [2.05, 4.69) is 10.6 Å². The first-order chi connectivity index (χ1) is 18.1. The molecule has 0 bridgehead atoms. The molecular formula is C29H38N4O5. The van der Waals surface area contributed by atoms with Crippen molar-refractivity contribution < 1.29 is 24.2 Å². The maximum atomic E-state index is 14.0. The molecule has 2 unspecified atom stereocenters. The summed E-state index contributed by atoms with van der Waals surface area (Å²) in [7, 11) is 0. The maximum absolute atomic E-state index is 14.0. The van der Waals surface area contributed by atoms with Crippen LogP contribution in [-0.2, 0) is 20.7 Å². The lowest BCUT2D eigenvalue weighted by Gasteiger charge is -2.33. The van der Waals surface area contributed by atoms with E-state index < -0.39 is 42.1 Å². The highest BCUT2D eigenvalue weighted by molar-refractivity contribution is 5.92. The van der Waals surface area contributed by atoms with Gasteiger partial charge in [0.15, 0.2) is 0 Å². The zero-order valence-electron chi connectivity index (χ0n) is 22.6. The number of nitrogens with zero attached hydrogens (tertiary/aromatic N) is 2. The van der Waals surface area contributed by atoms with Crippen LogP contribution in [0, 0.1) is 11.3 Å². The fourth-order valence-electron chi connectivity index (χ4n) is 3.93. The molecule has 204 valence electrons. The van der Waals surface area contributed by atoms with Gasteiger partial charge in [0.1, 0.15) is 30.0 Å². The van der Waals surface area contributed by atoms with Crippen LogP contribution in [0.25, 0.3) is 0 Å². The molecule has 0 aliphatic rings. The molecule has 0 heterocycles. The molecule has 2 rings (SSSR count). The Morgan fingerprint density at radius 2 is 1.71 bits per heavy atom. The molecular weight excluding hydrogens is 484 g/mol. The Morgan fingerprint density at radius 3 is 2.32 bits per heavy atom. The van der Waals surface area contributed by atoms with E-state index in [9.17, 15) is 24.8 Å². The van der Waals surface area contributed by atoms with Crippen LogP contribution in [-0.4, -0.2) is 52.6 Å². The van der Waals surface area contributed by atoms with E-state index >= 15 is 0 Å². The Bertz CT molecular complexity index is 1110. The lowest BCUT2D eigenvalue weighted by molar-refractivity contribution is -0.141. The van der Waals surface area contributed by atoms with Gasteiger partial charge >= 0.3 is 6.09 Å². The molecule has 2 aromatic carbocycles. The van der Waals surface area contributed by atoms with E-state index in [0.29, 0.717) is 6.54 Å². The number of para-hydroxylation sites is 1. The Hall–Kier alpha value is -4.06. The summed E-state index contributed by atoms with van der Waals surface area (Å²) >= 11 is 0. The van der Waals surface area contributed by atoms with Crippen molar-refractivity contribution in [3.63, 3.8) is 0 Å². The van der Waals surface area contributed by atoms with Gasteiger partial charge in [-0.1, -0.05) is 68.3 Å². The largest absolute Gasteiger partial charge is 0.508 e. The number of phenolic OH excluding ortho intramolecular Hbond substituents is 1. The zero-order valence-corrected chi connectivity index (χ0v) is 22.6. The van der Waals surface area contributed by atoms with Gasteiger partial charge < -0.3 is 25.4 Å². The molecule has 0 aliphatic carbocycles. The second kappa shape index (κ2) is 14.6. The van der Waals surface area contributed by atoms with Crippen LogP contribution in [0.1, 0.15) is 64.1 Å². The summed E-state index contributed by atoms with van der Waals surface area (Å²) in [5, 5.41) is 25.7. The summed E-state index contributed by atoms with van der Waals surface area (Å²) in [6, 6.07) is 14.8. The summed E-state index contributed by atoms with van der Waals surface area (Å²) < 4.78 is 5.38. The highest BCUT2D eigenvalue weighted by Crippen LogP contribution is 2.30. The molecule has 3 N–H and O–H groups in total. The zero-order chi connectivity index (χ0) is 28.1. The van der Waals surface area contributed by atoms with Crippen LogP contribution in [0.3, 0.4) is 0 Å². The molecule has 9 nitrogen and oxygen atoms in total. The van der Waals surface area contributed by atoms with Crippen molar-refractivity contribution in [1.29, 1.82) is 5.26 Å². The van der Waals surface area contributed by atoms with E-state index in [1.807, 2.05) is 43.3 Å². The van der Waals surface area contributed by atoms with Gasteiger partial charge in [-0.25, -0.2) is 4.79 Å². The number of ether oxygens (including phenoxy) is 1. The van der Waals surface area contributed by atoms with Crippen molar-refractivity contribution >= 4 is 17.9 Å². The minimum absolute atomic E-state index is 0.104. The number of carbonyl (C=O) groups is 3. The van der Waals surface area contributed by atoms with Crippen LogP contribution < -0.4 is 10.6 Å². The minimum Gasteiger partial charge on any atom is -0.508 e. The summed E-state index contributed by atoms with van der Waals surface area (Å²) in [5.41, 5.74) is 0.148. The molecule has 2 atom stereocenters. The highest BCUT2D eigenvalue weighted by Gasteiger charge is 2.37. The van der Waals surface area contributed by atoms with Gasteiger partial charge in [-0.3, -0.25) is 9.59 Å². The first kappa shape index (κ1) is 30.2. The number of amides is 3. The monoisotopic (exact) mass is 522 g/mol. The van der Waals surface area contributed by atoms with Gasteiger partial charge in [0.2, 0.25) is 11.8 Å². The van der Waals surface area contributed by atoms with Crippen molar-refractivity contribution in [2.24, 2.45) is 0 Å². The predicted molar refractivity (Wildman–Crippen MR) is 144 cm³/mol. The average molecular weight is 523 g/mol. The Morgan fingerprint density at radius 1 is 1.05 bits per heavy atom. The second-order valence-electron chi connectivity index (χ2n) is 9.97. The van der Waals surface area contributed by atoms with Crippen LogP contribution in [0.2, 0.25) is 0 Å². The SMILES string of the molecule is CCCCCNC(=O)C(c1ccccc1O)N(CC#N)C(=O)C(Cc1ccccc1)NC(=O)OC(C)(C)C. The number of unbranched alkanes of at least 4 members (excludes halogenated alkanes) is 2. The van der Waals surface area contributed by atoms with Crippen molar-refractivity contribution in [3.8, 4) is 11.8 Å². The number of carbonyl (C=O) groups excluding carboxylic acids is 3. The van der Waals surface area contributed by atoms with Gasteiger partial charge in [-0.2, -0.15) is 5.26 Å². The molecule has 3 amide bonds. The molecule has 0 radical (unpaired) electrons. The van der Waals surface area contributed by atoms with Gasteiger partial charge in [0, 0.05) is 18.5 Å². The average Bonchev–Trinajstić information content (AvgIpc) is 2.86. The number of phenols is 1. The van der Waals surface area contributed by atoms with Crippen LogP contribution in [0.15, 0.2) is 54.6 Å². The molecule has 38 heavy (non-hydrogen) atoms.